The molecule has 0 aliphatic heterocycles. The minimum atomic E-state index is -1.07. The molecule has 6 heteroatoms. The van der Waals surface area contributed by atoms with Gasteiger partial charge < -0.3 is 14.4 Å². The lowest BCUT2D eigenvalue weighted by molar-refractivity contribution is -0.141. The molecular weight excluding hydrogens is 349 g/mol. The van der Waals surface area contributed by atoms with Gasteiger partial charge in [0.25, 0.3) is 0 Å². The van der Waals surface area contributed by atoms with Crippen LogP contribution in [0.4, 0.5) is 0 Å². The highest BCUT2D eigenvalue weighted by Gasteiger charge is 2.14. The highest BCUT2D eigenvalue weighted by atomic mass is 31.2. The summed E-state index contributed by atoms with van der Waals surface area (Å²) < 4.78 is 11.2. The maximum absolute atomic E-state index is 11.7. The third-order valence-electron chi connectivity index (χ3n) is 3.74. The van der Waals surface area contributed by atoms with E-state index in [4.69, 9.17) is 14.4 Å². The molecule has 26 heavy (non-hydrogen) atoms. The van der Waals surface area contributed by atoms with Gasteiger partial charge in [-0.25, -0.2) is 0 Å². The number of benzene rings is 2. The Morgan fingerprint density at radius 3 is 2.77 bits per heavy atom. The van der Waals surface area contributed by atoms with E-state index < -0.39 is 8.30 Å². The topological polar surface area (TPSA) is 67.8 Å². The van der Waals surface area contributed by atoms with Crippen LogP contribution in [0.1, 0.15) is 20.3 Å². The summed E-state index contributed by atoms with van der Waals surface area (Å²) in [6.07, 6.45) is 3.49. The fourth-order valence-electron chi connectivity index (χ4n) is 2.41. The number of ether oxygens (including phenoxy) is 1. The van der Waals surface area contributed by atoms with Crippen LogP contribution in [0.25, 0.3) is 10.8 Å². The fourth-order valence-corrected chi connectivity index (χ4v) is 3.79. The number of nitrogens with one attached hydrogen (secondary N) is 1. The van der Waals surface area contributed by atoms with Crippen molar-refractivity contribution >= 4 is 25.0 Å². The van der Waals surface area contributed by atoms with Crippen molar-refractivity contribution in [3.8, 4) is 5.75 Å². The molecule has 140 valence electrons. The lowest BCUT2D eigenvalue weighted by Crippen LogP contribution is -2.23. The zero-order valence-corrected chi connectivity index (χ0v) is 16.2. The number of hydrogen-bond donors (Lipinski definition) is 2. The van der Waals surface area contributed by atoms with Crippen LogP contribution >= 0.6 is 8.30 Å². The predicted molar refractivity (Wildman–Crippen MR) is 106 cm³/mol. The zero-order chi connectivity index (χ0) is 18.8. The lowest BCUT2D eigenvalue weighted by Gasteiger charge is -2.20. The molecule has 1 atom stereocenters. The number of fused-ring (bicyclic) bond motifs is 1. The van der Waals surface area contributed by atoms with E-state index in [0.717, 1.165) is 34.7 Å². The molecule has 0 bridgehead atoms. The minimum absolute atomic E-state index is 0.0539. The number of aliphatic hydroxyl groups is 1. The second kappa shape index (κ2) is 10.9. The maximum atomic E-state index is 11.7. The van der Waals surface area contributed by atoms with Gasteiger partial charge in [0.2, 0.25) is 0 Å². The lowest BCUT2D eigenvalue weighted by atomic mass is 10.1. The highest BCUT2D eigenvalue weighted by Crippen LogP contribution is 2.38. The van der Waals surface area contributed by atoms with Gasteiger partial charge in [0.1, 0.15) is 12.3 Å². The Labute approximate surface area is 155 Å². The van der Waals surface area contributed by atoms with Gasteiger partial charge in [-0.05, 0) is 31.7 Å². The first-order chi connectivity index (χ1) is 12.6. The third kappa shape index (κ3) is 6.41. The van der Waals surface area contributed by atoms with Gasteiger partial charge in [-0.3, -0.25) is 9.88 Å². The van der Waals surface area contributed by atoms with E-state index in [2.05, 4.69) is 5.09 Å². The third-order valence-corrected chi connectivity index (χ3v) is 5.33. The number of carbonyl (C=O) groups excluding carboxylic acids is 1. The van der Waals surface area contributed by atoms with Crippen LogP contribution in [0.15, 0.2) is 54.1 Å². The monoisotopic (exact) mass is 375 g/mol. The summed E-state index contributed by atoms with van der Waals surface area (Å²) >= 11 is 0. The first-order valence-electron chi connectivity index (χ1n) is 8.73. The summed E-state index contributed by atoms with van der Waals surface area (Å²) in [7, 11) is -1.07. The van der Waals surface area contributed by atoms with E-state index in [0.29, 0.717) is 6.61 Å². The number of hydrogen-bond acceptors (Lipinski definition) is 5. The average Bonchev–Trinajstić information content (AvgIpc) is 2.66. The van der Waals surface area contributed by atoms with Crippen LogP contribution in [-0.4, -0.2) is 37.0 Å². The van der Waals surface area contributed by atoms with Crippen molar-refractivity contribution < 1.29 is 19.2 Å². The smallest absolute Gasteiger partial charge is 0.320 e. The van der Waals surface area contributed by atoms with Crippen molar-refractivity contribution in [2.75, 3.05) is 25.9 Å². The number of rotatable bonds is 10. The van der Waals surface area contributed by atoms with Gasteiger partial charge in [0.05, 0.1) is 13.2 Å². The quantitative estimate of drug-likeness (QED) is 0.373. The first-order valence-corrected chi connectivity index (χ1v) is 10.2. The summed E-state index contributed by atoms with van der Waals surface area (Å²) in [5, 5.41) is 14.5. The second-order valence-electron chi connectivity index (χ2n) is 5.81. The Balaban J connectivity index is 2.09. The Morgan fingerprint density at radius 2 is 2.00 bits per heavy atom. The van der Waals surface area contributed by atoms with Gasteiger partial charge >= 0.3 is 5.97 Å². The molecule has 0 aliphatic carbocycles. The van der Waals surface area contributed by atoms with Crippen LogP contribution < -0.4 is 9.61 Å². The molecule has 5 nitrogen and oxygen atoms in total. The summed E-state index contributed by atoms with van der Waals surface area (Å²) in [4.78, 5) is 11.7. The van der Waals surface area contributed by atoms with Crippen molar-refractivity contribution in [3.05, 3.63) is 54.1 Å². The van der Waals surface area contributed by atoms with Gasteiger partial charge in [-0.15, -0.1) is 0 Å². The molecule has 0 heterocycles. The number of carbonyl (C=O) groups is 1. The number of allylic oxidation sites excluding steroid dienone is 1. The second-order valence-corrected chi connectivity index (χ2v) is 7.51. The van der Waals surface area contributed by atoms with Crippen LogP contribution in [0.2, 0.25) is 0 Å². The van der Waals surface area contributed by atoms with Crippen molar-refractivity contribution in [2.45, 2.75) is 20.3 Å². The van der Waals surface area contributed by atoms with Crippen molar-refractivity contribution in [1.82, 2.24) is 5.09 Å². The standard InChI is InChI=1S/C20H26NO4P/c1-3-24-20(23)14-21-26(13-7-8-16(2)15-22)25-19-12-6-10-17-9-4-5-11-18(17)19/h4-6,8-12,21-22H,3,7,13-15H2,1-2H3/b16-8+. The van der Waals surface area contributed by atoms with E-state index in [9.17, 15) is 4.79 Å². The predicted octanol–water partition coefficient (Wildman–Crippen LogP) is 4.01. The molecule has 0 radical (unpaired) electrons. The Bertz CT molecular complexity index is 742. The molecule has 0 aromatic heterocycles. The average molecular weight is 375 g/mol. The van der Waals surface area contributed by atoms with E-state index in [1.54, 1.807) is 6.92 Å². The van der Waals surface area contributed by atoms with Gasteiger partial charge in [0, 0.05) is 11.5 Å². The molecule has 0 fully saturated rings. The Hall–Kier alpha value is -1.94. The van der Waals surface area contributed by atoms with Crippen LogP contribution in [0.5, 0.6) is 5.75 Å². The maximum Gasteiger partial charge on any atom is 0.320 e. The summed E-state index contributed by atoms with van der Waals surface area (Å²) in [5.41, 5.74) is 0.926. The Morgan fingerprint density at radius 1 is 1.23 bits per heavy atom. The summed E-state index contributed by atoms with van der Waals surface area (Å²) in [6.45, 7) is 4.21. The minimum Gasteiger partial charge on any atom is -0.465 e. The van der Waals surface area contributed by atoms with Gasteiger partial charge in [0.15, 0.2) is 8.30 Å². The van der Waals surface area contributed by atoms with E-state index in [1.807, 2.05) is 55.5 Å². The molecule has 2 aromatic rings. The van der Waals surface area contributed by atoms with Crippen molar-refractivity contribution in [2.24, 2.45) is 0 Å². The molecular formula is C20H26NO4P. The molecule has 2 aromatic carbocycles. The van der Waals surface area contributed by atoms with Crippen molar-refractivity contribution in [3.63, 3.8) is 0 Å². The van der Waals surface area contributed by atoms with E-state index in [-0.39, 0.29) is 19.1 Å². The molecule has 1 unspecified atom stereocenters. The van der Waals surface area contributed by atoms with Crippen LogP contribution in [0.3, 0.4) is 0 Å². The summed E-state index contributed by atoms with van der Waals surface area (Å²) in [5.74, 6) is 0.511. The van der Waals surface area contributed by atoms with E-state index in [1.165, 1.54) is 0 Å². The highest BCUT2D eigenvalue weighted by molar-refractivity contribution is 7.50. The molecule has 0 spiro atoms. The fraction of sp³-hybridized carbons (Fsp3) is 0.350. The zero-order valence-electron chi connectivity index (χ0n) is 15.3. The van der Waals surface area contributed by atoms with Crippen LogP contribution in [-0.2, 0) is 9.53 Å². The molecule has 0 amide bonds. The SMILES string of the molecule is CCOC(=O)CNP(CC/C=C(\C)CO)Oc1cccc2ccccc12. The van der Waals surface area contributed by atoms with Gasteiger partial charge in [-0.2, -0.15) is 0 Å². The van der Waals surface area contributed by atoms with Crippen LogP contribution in [0, 0.1) is 0 Å². The molecule has 2 rings (SSSR count). The normalized spacial score (nSPS) is 12.8. The van der Waals surface area contributed by atoms with E-state index >= 15 is 0 Å². The van der Waals surface area contributed by atoms with Gasteiger partial charge in [-0.1, -0.05) is 48.0 Å². The molecule has 0 saturated carbocycles. The summed E-state index contributed by atoms with van der Waals surface area (Å²) in [6, 6.07) is 14.0. The van der Waals surface area contributed by atoms with Crippen molar-refractivity contribution in [1.29, 1.82) is 0 Å². The molecule has 2 N–H and O–H groups in total. The number of esters is 1. The Kier molecular flexibility index (Phi) is 8.56. The number of aliphatic hydroxyl groups excluding tert-OH is 1. The largest absolute Gasteiger partial charge is 0.465 e. The first kappa shape index (κ1) is 20.4. The molecule has 0 aliphatic rings. The molecule has 0 saturated heterocycles.